The minimum absolute atomic E-state index is 0.0256. The second-order valence-electron chi connectivity index (χ2n) is 8.72. The number of benzene rings is 3. The van der Waals surface area contributed by atoms with Crippen molar-refractivity contribution < 1.29 is 35.8 Å². The van der Waals surface area contributed by atoms with Gasteiger partial charge in [0, 0.05) is 29.3 Å². The quantitative estimate of drug-likeness (QED) is 0.311. The van der Waals surface area contributed by atoms with Crippen LogP contribution in [0.4, 0.5) is 11.4 Å². The highest BCUT2D eigenvalue weighted by molar-refractivity contribution is 9.10. The summed E-state index contributed by atoms with van der Waals surface area (Å²) in [6.07, 6.45) is 2.64. The third kappa shape index (κ3) is 7.45. The van der Waals surface area contributed by atoms with Crippen molar-refractivity contribution in [3.8, 4) is 11.5 Å². The first-order valence-electron chi connectivity index (χ1n) is 12.2. The first-order valence-corrected chi connectivity index (χ1v) is 16.0. The van der Waals surface area contributed by atoms with E-state index in [0.29, 0.717) is 24.5 Å². The number of halogens is 1. The number of hydrogen-bond acceptors (Lipinski definition) is 8. The standard InChI is InChI=1S/C27H28BrN3O8S2/c1-37-24-11-9-22(40(33,34)30-21-7-5-20(28)6-8-21)18-23(24)29-27(32)12-4-19-3-10-25(38-2)26(17-19)41(35,36)31-13-15-39-16-14-31/h3-12,17-18,30H,13-16H2,1-2H3,(H,29,32). The predicted octanol–water partition coefficient (Wildman–Crippen LogP) is 3.94. The van der Waals surface area contributed by atoms with E-state index < -0.39 is 26.0 Å². The van der Waals surface area contributed by atoms with Crippen LogP contribution in [-0.4, -0.2) is 67.6 Å². The Hall–Kier alpha value is -3.43. The van der Waals surface area contributed by atoms with Gasteiger partial charge < -0.3 is 19.5 Å². The molecule has 218 valence electrons. The number of amides is 1. The fourth-order valence-corrected chi connectivity index (χ4v) is 6.90. The van der Waals surface area contributed by atoms with Gasteiger partial charge in [0.25, 0.3) is 10.0 Å². The van der Waals surface area contributed by atoms with Crippen LogP contribution in [0.5, 0.6) is 11.5 Å². The molecule has 1 amide bonds. The fraction of sp³-hybridized carbons (Fsp3) is 0.222. The maximum atomic E-state index is 13.2. The monoisotopic (exact) mass is 665 g/mol. The minimum Gasteiger partial charge on any atom is -0.495 e. The Bertz CT molecular complexity index is 1650. The van der Waals surface area contributed by atoms with Crippen molar-refractivity contribution in [3.63, 3.8) is 0 Å². The van der Waals surface area contributed by atoms with Crippen LogP contribution in [0, 0.1) is 0 Å². The van der Waals surface area contributed by atoms with Crippen molar-refractivity contribution in [1.29, 1.82) is 0 Å². The van der Waals surface area contributed by atoms with Gasteiger partial charge in [-0.3, -0.25) is 9.52 Å². The molecular weight excluding hydrogens is 638 g/mol. The van der Waals surface area contributed by atoms with E-state index in [4.69, 9.17) is 14.2 Å². The summed E-state index contributed by atoms with van der Waals surface area (Å²) in [4.78, 5) is 12.7. The molecule has 1 aliphatic heterocycles. The van der Waals surface area contributed by atoms with Crippen molar-refractivity contribution in [2.45, 2.75) is 9.79 Å². The lowest BCUT2D eigenvalue weighted by atomic mass is 10.2. The van der Waals surface area contributed by atoms with Gasteiger partial charge in [-0.05, 0) is 66.2 Å². The van der Waals surface area contributed by atoms with E-state index in [-0.39, 0.29) is 40.1 Å². The summed E-state index contributed by atoms with van der Waals surface area (Å²) >= 11 is 3.31. The van der Waals surface area contributed by atoms with Crippen molar-refractivity contribution in [3.05, 3.63) is 76.8 Å². The zero-order valence-electron chi connectivity index (χ0n) is 22.2. The molecule has 1 heterocycles. The maximum Gasteiger partial charge on any atom is 0.261 e. The molecule has 0 spiro atoms. The molecule has 1 aliphatic rings. The van der Waals surface area contributed by atoms with Gasteiger partial charge in [-0.2, -0.15) is 4.31 Å². The largest absolute Gasteiger partial charge is 0.495 e. The van der Waals surface area contributed by atoms with Crippen molar-refractivity contribution in [1.82, 2.24) is 4.31 Å². The molecule has 14 heteroatoms. The summed E-state index contributed by atoms with van der Waals surface area (Å²) in [5.74, 6) is -0.164. The summed E-state index contributed by atoms with van der Waals surface area (Å²) in [6.45, 7) is 1.05. The molecule has 1 fully saturated rings. The van der Waals surface area contributed by atoms with Gasteiger partial charge in [0.2, 0.25) is 15.9 Å². The Labute approximate surface area is 247 Å². The number of hydrogen-bond donors (Lipinski definition) is 2. The molecule has 3 aromatic carbocycles. The van der Waals surface area contributed by atoms with E-state index in [2.05, 4.69) is 26.0 Å². The molecule has 0 radical (unpaired) electrons. The lowest BCUT2D eigenvalue weighted by Crippen LogP contribution is -2.40. The number of methoxy groups -OCH3 is 2. The summed E-state index contributed by atoms with van der Waals surface area (Å²) < 4.78 is 72.8. The minimum atomic E-state index is -3.97. The van der Waals surface area contributed by atoms with Crippen LogP contribution in [0.2, 0.25) is 0 Å². The van der Waals surface area contributed by atoms with Crippen molar-refractivity contribution in [2.75, 3.05) is 50.6 Å². The second-order valence-corrected chi connectivity index (χ2v) is 13.2. The highest BCUT2D eigenvalue weighted by Gasteiger charge is 2.29. The van der Waals surface area contributed by atoms with Crippen LogP contribution >= 0.6 is 15.9 Å². The average molecular weight is 667 g/mol. The number of anilines is 2. The highest BCUT2D eigenvalue weighted by atomic mass is 79.9. The molecule has 2 N–H and O–H groups in total. The number of nitrogens with one attached hydrogen (secondary N) is 2. The van der Waals surface area contributed by atoms with Crippen LogP contribution in [0.15, 0.2) is 81.0 Å². The first kappa shape index (κ1) is 30.5. The van der Waals surface area contributed by atoms with Crippen LogP contribution in [0.1, 0.15) is 5.56 Å². The van der Waals surface area contributed by atoms with Gasteiger partial charge in [-0.1, -0.05) is 22.0 Å². The van der Waals surface area contributed by atoms with Gasteiger partial charge in [0.15, 0.2) is 0 Å². The topological polar surface area (TPSA) is 140 Å². The van der Waals surface area contributed by atoms with Crippen molar-refractivity contribution >= 4 is 59.3 Å². The SMILES string of the molecule is COc1ccc(S(=O)(=O)Nc2ccc(Br)cc2)cc1NC(=O)C=Cc1ccc(OC)c(S(=O)(=O)N2CCOCC2)c1. The summed E-state index contributed by atoms with van der Waals surface area (Å²) in [7, 11) is -5.05. The number of ether oxygens (including phenoxy) is 3. The molecule has 0 unspecified atom stereocenters. The molecule has 0 bridgehead atoms. The Morgan fingerprint density at radius 3 is 2.24 bits per heavy atom. The zero-order chi connectivity index (χ0) is 29.6. The Kier molecular flexibility index (Phi) is 9.71. The van der Waals surface area contributed by atoms with Crippen LogP contribution in [-0.2, 0) is 29.6 Å². The molecule has 1 saturated heterocycles. The van der Waals surface area contributed by atoms with E-state index in [1.54, 1.807) is 30.3 Å². The van der Waals surface area contributed by atoms with Crippen LogP contribution in [0.25, 0.3) is 6.08 Å². The number of carbonyl (C=O) groups excluding carboxylic acids is 1. The third-order valence-corrected chi connectivity index (χ3v) is 9.87. The molecule has 41 heavy (non-hydrogen) atoms. The van der Waals surface area contributed by atoms with Gasteiger partial charge in [0.05, 0.1) is 38.0 Å². The molecule has 0 aromatic heterocycles. The number of morpholine rings is 1. The van der Waals surface area contributed by atoms with Gasteiger partial charge in [-0.25, -0.2) is 16.8 Å². The van der Waals surface area contributed by atoms with E-state index in [1.807, 2.05) is 0 Å². The molecule has 4 rings (SSSR count). The molecule has 0 atom stereocenters. The zero-order valence-corrected chi connectivity index (χ0v) is 25.4. The van der Waals surface area contributed by atoms with E-state index in [1.165, 1.54) is 61.0 Å². The number of carbonyl (C=O) groups is 1. The third-order valence-electron chi connectivity index (χ3n) is 6.04. The van der Waals surface area contributed by atoms with Crippen molar-refractivity contribution in [2.24, 2.45) is 0 Å². The van der Waals surface area contributed by atoms with E-state index in [0.717, 1.165) is 4.47 Å². The summed E-state index contributed by atoms with van der Waals surface area (Å²) in [5, 5.41) is 2.62. The second kappa shape index (κ2) is 13.0. The number of rotatable bonds is 10. The maximum absolute atomic E-state index is 13.2. The van der Waals surface area contributed by atoms with Gasteiger partial charge in [0.1, 0.15) is 16.4 Å². The predicted molar refractivity (Wildman–Crippen MR) is 158 cm³/mol. The van der Waals surface area contributed by atoms with E-state index >= 15 is 0 Å². The Morgan fingerprint density at radius 2 is 1.59 bits per heavy atom. The molecule has 0 aliphatic carbocycles. The van der Waals surface area contributed by atoms with Crippen LogP contribution < -0.4 is 19.5 Å². The molecule has 11 nitrogen and oxygen atoms in total. The van der Waals surface area contributed by atoms with Crippen LogP contribution in [0.3, 0.4) is 0 Å². The number of sulfonamides is 2. The lowest BCUT2D eigenvalue weighted by Gasteiger charge is -2.26. The average Bonchev–Trinajstić information content (AvgIpc) is 2.97. The lowest BCUT2D eigenvalue weighted by molar-refractivity contribution is -0.111. The van der Waals surface area contributed by atoms with Gasteiger partial charge in [-0.15, -0.1) is 0 Å². The summed E-state index contributed by atoms with van der Waals surface area (Å²) in [5.41, 5.74) is 0.938. The molecule has 0 saturated carbocycles. The first-order chi connectivity index (χ1) is 19.5. The smallest absolute Gasteiger partial charge is 0.261 e. The van der Waals surface area contributed by atoms with Gasteiger partial charge >= 0.3 is 0 Å². The number of nitrogens with zero attached hydrogens (tertiary/aromatic N) is 1. The molecule has 3 aromatic rings. The molecular formula is C27H28BrN3O8S2. The highest BCUT2D eigenvalue weighted by Crippen LogP contribution is 2.30. The Balaban J connectivity index is 1.54. The Morgan fingerprint density at radius 1 is 0.927 bits per heavy atom. The summed E-state index contributed by atoms with van der Waals surface area (Å²) in [6, 6.07) is 15.2. The fourth-order valence-electron chi connectivity index (χ4n) is 3.95. The normalized spacial score (nSPS) is 14.5. The van der Waals surface area contributed by atoms with E-state index in [9.17, 15) is 21.6 Å².